The highest BCUT2D eigenvalue weighted by molar-refractivity contribution is 4.84. The summed E-state index contributed by atoms with van der Waals surface area (Å²) in [7, 11) is 0. The van der Waals surface area contributed by atoms with Crippen molar-refractivity contribution in [2.75, 3.05) is 0 Å². The zero-order valence-corrected chi connectivity index (χ0v) is 10.1. The summed E-state index contributed by atoms with van der Waals surface area (Å²) in [6.45, 7) is 0. The standard InChI is InChI=1S/C14H27N/c15-13-7-5-11-14(12-6-8-13)9-3-1-2-4-10-14/h13H,1-12,15H2. The van der Waals surface area contributed by atoms with Crippen LogP contribution in [-0.2, 0) is 0 Å². The highest BCUT2D eigenvalue weighted by Crippen LogP contribution is 2.44. The summed E-state index contributed by atoms with van der Waals surface area (Å²) in [6, 6.07) is 0.508. The predicted molar refractivity (Wildman–Crippen MR) is 65.8 cm³/mol. The van der Waals surface area contributed by atoms with Crippen LogP contribution in [0.1, 0.15) is 77.0 Å². The molecule has 1 heteroatoms. The first-order valence-corrected chi connectivity index (χ1v) is 7.06. The van der Waals surface area contributed by atoms with Gasteiger partial charge in [-0.15, -0.1) is 0 Å². The molecule has 1 spiro atoms. The van der Waals surface area contributed by atoms with Gasteiger partial charge in [0.2, 0.25) is 0 Å². The molecule has 0 radical (unpaired) electrons. The van der Waals surface area contributed by atoms with Gasteiger partial charge in [0.15, 0.2) is 0 Å². The minimum absolute atomic E-state index is 0.508. The summed E-state index contributed by atoms with van der Waals surface area (Å²) in [5.41, 5.74) is 6.80. The van der Waals surface area contributed by atoms with Crippen LogP contribution >= 0.6 is 0 Å². The molecule has 0 aromatic heterocycles. The van der Waals surface area contributed by atoms with Crippen LogP contribution in [0.25, 0.3) is 0 Å². The van der Waals surface area contributed by atoms with E-state index in [1.54, 1.807) is 0 Å². The van der Waals surface area contributed by atoms with Gasteiger partial charge in [-0.1, -0.05) is 38.5 Å². The van der Waals surface area contributed by atoms with Gasteiger partial charge in [-0.3, -0.25) is 0 Å². The number of hydrogen-bond donors (Lipinski definition) is 1. The van der Waals surface area contributed by atoms with Gasteiger partial charge in [0.05, 0.1) is 0 Å². The first-order valence-electron chi connectivity index (χ1n) is 7.06. The third-order valence-corrected chi connectivity index (χ3v) is 4.73. The molecule has 2 aliphatic rings. The van der Waals surface area contributed by atoms with Crippen molar-refractivity contribution in [3.8, 4) is 0 Å². The van der Waals surface area contributed by atoms with E-state index in [1.165, 1.54) is 77.0 Å². The van der Waals surface area contributed by atoms with Crippen LogP contribution in [0.2, 0.25) is 0 Å². The van der Waals surface area contributed by atoms with Gasteiger partial charge in [0.1, 0.15) is 0 Å². The average Bonchev–Trinajstić information content (AvgIpc) is 2.42. The lowest BCUT2D eigenvalue weighted by Crippen LogP contribution is -2.27. The van der Waals surface area contributed by atoms with Crippen LogP contribution in [0.15, 0.2) is 0 Å². The molecule has 2 N–H and O–H groups in total. The molecule has 2 saturated carbocycles. The van der Waals surface area contributed by atoms with Gasteiger partial charge in [0.25, 0.3) is 0 Å². The lowest BCUT2D eigenvalue weighted by Gasteiger charge is -2.35. The second-order valence-electron chi connectivity index (χ2n) is 5.96. The second-order valence-corrected chi connectivity index (χ2v) is 5.96. The highest BCUT2D eigenvalue weighted by atomic mass is 14.6. The van der Waals surface area contributed by atoms with Crippen LogP contribution < -0.4 is 5.73 Å². The zero-order chi connectivity index (χ0) is 10.6. The quantitative estimate of drug-likeness (QED) is 0.641. The zero-order valence-electron chi connectivity index (χ0n) is 10.1. The van der Waals surface area contributed by atoms with Crippen LogP contribution in [0.3, 0.4) is 0 Å². The lowest BCUT2D eigenvalue weighted by atomic mass is 9.71. The Hall–Kier alpha value is -0.0400. The summed E-state index contributed by atoms with van der Waals surface area (Å²) in [5.74, 6) is 0. The fourth-order valence-corrected chi connectivity index (χ4v) is 3.73. The second kappa shape index (κ2) is 5.34. The van der Waals surface area contributed by atoms with Crippen molar-refractivity contribution in [2.24, 2.45) is 11.1 Å². The summed E-state index contributed by atoms with van der Waals surface area (Å²) in [5, 5.41) is 0. The monoisotopic (exact) mass is 209 g/mol. The fraction of sp³-hybridized carbons (Fsp3) is 1.00. The Kier molecular flexibility index (Phi) is 4.07. The molecule has 0 saturated heterocycles. The van der Waals surface area contributed by atoms with Crippen LogP contribution in [0.4, 0.5) is 0 Å². The maximum Gasteiger partial charge on any atom is 0.00388 e. The molecule has 0 heterocycles. The van der Waals surface area contributed by atoms with Gasteiger partial charge in [-0.25, -0.2) is 0 Å². The molecule has 2 rings (SSSR count). The molecule has 0 amide bonds. The molecular weight excluding hydrogens is 182 g/mol. The molecule has 2 fully saturated rings. The Bertz CT molecular complexity index is 168. The normalized spacial score (nSPS) is 29.4. The van der Waals surface area contributed by atoms with Crippen molar-refractivity contribution in [2.45, 2.75) is 83.1 Å². The van der Waals surface area contributed by atoms with Crippen LogP contribution in [-0.4, -0.2) is 6.04 Å². The van der Waals surface area contributed by atoms with Gasteiger partial charge in [-0.2, -0.15) is 0 Å². The molecule has 88 valence electrons. The largest absolute Gasteiger partial charge is 0.328 e. The summed E-state index contributed by atoms with van der Waals surface area (Å²) in [4.78, 5) is 0. The van der Waals surface area contributed by atoms with Crippen molar-refractivity contribution in [1.82, 2.24) is 0 Å². The van der Waals surface area contributed by atoms with Crippen LogP contribution in [0, 0.1) is 5.41 Å². The molecule has 0 aliphatic heterocycles. The fourth-order valence-electron chi connectivity index (χ4n) is 3.73. The molecule has 0 atom stereocenters. The van der Waals surface area contributed by atoms with Crippen molar-refractivity contribution in [3.05, 3.63) is 0 Å². The number of rotatable bonds is 0. The highest BCUT2D eigenvalue weighted by Gasteiger charge is 2.31. The first-order chi connectivity index (χ1) is 7.31. The van der Waals surface area contributed by atoms with E-state index in [-0.39, 0.29) is 0 Å². The van der Waals surface area contributed by atoms with Gasteiger partial charge in [0, 0.05) is 6.04 Å². The third kappa shape index (κ3) is 3.21. The Balaban J connectivity index is 1.92. The summed E-state index contributed by atoms with van der Waals surface area (Å²) < 4.78 is 0. The Morgan fingerprint density at radius 1 is 0.667 bits per heavy atom. The van der Waals surface area contributed by atoms with E-state index >= 15 is 0 Å². The minimum atomic E-state index is 0.508. The molecule has 1 nitrogen and oxygen atoms in total. The Labute approximate surface area is 94.8 Å². The van der Waals surface area contributed by atoms with E-state index in [2.05, 4.69) is 0 Å². The lowest BCUT2D eigenvalue weighted by molar-refractivity contribution is 0.174. The molecular formula is C14H27N. The molecule has 0 unspecified atom stereocenters. The maximum atomic E-state index is 6.05. The van der Waals surface area contributed by atoms with E-state index in [9.17, 15) is 0 Å². The predicted octanol–water partition coefficient (Wildman–Crippen LogP) is 4.01. The van der Waals surface area contributed by atoms with Crippen LogP contribution in [0.5, 0.6) is 0 Å². The van der Waals surface area contributed by atoms with E-state index in [1.807, 2.05) is 0 Å². The van der Waals surface area contributed by atoms with E-state index in [4.69, 9.17) is 5.73 Å². The molecule has 15 heavy (non-hydrogen) atoms. The molecule has 0 bridgehead atoms. The van der Waals surface area contributed by atoms with Gasteiger partial charge in [-0.05, 0) is 43.9 Å². The van der Waals surface area contributed by atoms with Crippen molar-refractivity contribution in [3.63, 3.8) is 0 Å². The van der Waals surface area contributed by atoms with E-state index < -0.39 is 0 Å². The summed E-state index contributed by atoms with van der Waals surface area (Å²) >= 11 is 0. The summed E-state index contributed by atoms with van der Waals surface area (Å²) in [6.07, 6.45) is 17.3. The van der Waals surface area contributed by atoms with Gasteiger partial charge >= 0.3 is 0 Å². The first kappa shape index (κ1) is 11.4. The molecule has 0 aromatic carbocycles. The molecule has 0 aromatic rings. The van der Waals surface area contributed by atoms with Crippen molar-refractivity contribution < 1.29 is 0 Å². The van der Waals surface area contributed by atoms with Crippen molar-refractivity contribution >= 4 is 0 Å². The smallest absolute Gasteiger partial charge is 0.00388 e. The topological polar surface area (TPSA) is 26.0 Å². The van der Waals surface area contributed by atoms with Crippen molar-refractivity contribution in [1.29, 1.82) is 0 Å². The third-order valence-electron chi connectivity index (χ3n) is 4.73. The Morgan fingerprint density at radius 3 is 1.67 bits per heavy atom. The van der Waals surface area contributed by atoms with E-state index in [0.717, 1.165) is 5.41 Å². The average molecular weight is 209 g/mol. The maximum absolute atomic E-state index is 6.05. The Morgan fingerprint density at radius 2 is 1.13 bits per heavy atom. The number of hydrogen-bond acceptors (Lipinski definition) is 1. The molecule has 2 aliphatic carbocycles. The van der Waals surface area contributed by atoms with Gasteiger partial charge < -0.3 is 5.73 Å². The number of nitrogens with two attached hydrogens (primary N) is 1. The SMILES string of the molecule is NC1CCCC2(CCCCCC2)CCC1. The van der Waals surface area contributed by atoms with E-state index in [0.29, 0.717) is 6.04 Å². The minimum Gasteiger partial charge on any atom is -0.328 e.